The van der Waals surface area contributed by atoms with Gasteiger partial charge in [-0.25, -0.2) is 0 Å². The lowest BCUT2D eigenvalue weighted by Gasteiger charge is -2.26. The molecule has 19 heavy (non-hydrogen) atoms. The minimum atomic E-state index is -1.09. The summed E-state index contributed by atoms with van der Waals surface area (Å²) in [7, 11) is 1.63. The molecule has 1 aromatic rings. The minimum absolute atomic E-state index is 0.000478. The molecule has 1 aliphatic heterocycles. The molecule has 1 amide bonds. The Bertz CT molecular complexity index is 599. The van der Waals surface area contributed by atoms with Crippen LogP contribution in [-0.2, 0) is 4.79 Å². The molecule has 1 aromatic carbocycles. The molecule has 0 N–H and O–H groups in total. The van der Waals surface area contributed by atoms with E-state index >= 15 is 0 Å². The fourth-order valence-electron chi connectivity index (χ4n) is 1.83. The summed E-state index contributed by atoms with van der Waals surface area (Å²) in [5, 5.41) is 9.00. The molecule has 0 atom stereocenters. The second-order valence-electron chi connectivity index (χ2n) is 4.99. The highest BCUT2D eigenvalue weighted by molar-refractivity contribution is 6.04. The maximum Gasteiger partial charge on any atom is 0.264 e. The summed E-state index contributed by atoms with van der Waals surface area (Å²) in [4.78, 5) is 25.2. The first kappa shape index (κ1) is 13.1. The molecule has 0 unspecified atom stereocenters. The zero-order chi connectivity index (χ0) is 14.2. The van der Waals surface area contributed by atoms with Crippen LogP contribution >= 0.6 is 0 Å². The van der Waals surface area contributed by atoms with Gasteiger partial charge in [0.1, 0.15) is 11.2 Å². The van der Waals surface area contributed by atoms with Crippen LogP contribution in [0.5, 0.6) is 5.75 Å². The van der Waals surface area contributed by atoms with E-state index < -0.39 is 5.41 Å². The Kier molecular flexibility index (Phi) is 3.03. The first-order valence-corrected chi connectivity index (χ1v) is 5.86. The minimum Gasteiger partial charge on any atom is -0.482 e. The third kappa shape index (κ3) is 2.17. The Labute approximate surface area is 111 Å². The Morgan fingerprint density at radius 3 is 2.79 bits per heavy atom. The highest BCUT2D eigenvalue weighted by Gasteiger charge is 2.30. The van der Waals surface area contributed by atoms with Crippen molar-refractivity contribution in [2.24, 2.45) is 5.41 Å². The average molecular weight is 258 g/mol. The van der Waals surface area contributed by atoms with Crippen molar-refractivity contribution in [1.82, 2.24) is 0 Å². The Morgan fingerprint density at radius 2 is 2.16 bits per heavy atom. The topological polar surface area (TPSA) is 70.4 Å². The summed E-state index contributed by atoms with van der Waals surface area (Å²) in [5.74, 6) is 0.120. The molecule has 98 valence electrons. The standard InChI is InChI=1S/C14H14N2O3/c1-14(2,8-15)13(18)9-4-5-11-10(6-9)16(3)12(17)7-19-11/h4-6H,7H2,1-3H3. The third-order valence-electron chi connectivity index (χ3n) is 3.15. The van der Waals surface area contributed by atoms with E-state index in [0.29, 0.717) is 17.0 Å². The van der Waals surface area contributed by atoms with Crippen molar-refractivity contribution in [3.05, 3.63) is 23.8 Å². The number of ether oxygens (including phenoxy) is 1. The van der Waals surface area contributed by atoms with Gasteiger partial charge in [0.25, 0.3) is 5.91 Å². The molecule has 0 bridgehead atoms. The molecular formula is C14H14N2O3. The van der Waals surface area contributed by atoms with E-state index in [-0.39, 0.29) is 18.3 Å². The first-order chi connectivity index (χ1) is 8.86. The molecule has 1 aliphatic rings. The van der Waals surface area contributed by atoms with Crippen molar-refractivity contribution in [1.29, 1.82) is 5.26 Å². The number of benzene rings is 1. The summed E-state index contributed by atoms with van der Waals surface area (Å²) >= 11 is 0. The monoisotopic (exact) mass is 258 g/mol. The quantitative estimate of drug-likeness (QED) is 0.758. The average Bonchev–Trinajstić information content (AvgIpc) is 2.42. The van der Waals surface area contributed by atoms with Crippen LogP contribution in [0.4, 0.5) is 5.69 Å². The zero-order valence-corrected chi connectivity index (χ0v) is 11.1. The summed E-state index contributed by atoms with van der Waals surface area (Å²) in [6.07, 6.45) is 0. The van der Waals surface area contributed by atoms with Crippen molar-refractivity contribution in [2.45, 2.75) is 13.8 Å². The van der Waals surface area contributed by atoms with Gasteiger partial charge in [0.05, 0.1) is 11.8 Å². The molecule has 0 aliphatic carbocycles. The van der Waals surface area contributed by atoms with E-state index in [0.717, 1.165) is 0 Å². The van der Waals surface area contributed by atoms with E-state index in [2.05, 4.69) is 0 Å². The van der Waals surface area contributed by atoms with Gasteiger partial charge in [-0.2, -0.15) is 5.26 Å². The van der Waals surface area contributed by atoms with Crippen LogP contribution in [0.25, 0.3) is 0 Å². The number of hydrogen-bond donors (Lipinski definition) is 0. The van der Waals surface area contributed by atoms with Crippen LogP contribution < -0.4 is 9.64 Å². The zero-order valence-electron chi connectivity index (χ0n) is 11.1. The molecule has 5 nitrogen and oxygen atoms in total. The van der Waals surface area contributed by atoms with E-state index in [1.54, 1.807) is 39.1 Å². The molecule has 0 saturated carbocycles. The van der Waals surface area contributed by atoms with E-state index in [1.807, 2.05) is 6.07 Å². The van der Waals surface area contributed by atoms with Crippen molar-refractivity contribution in [3.8, 4) is 11.8 Å². The fourth-order valence-corrected chi connectivity index (χ4v) is 1.83. The van der Waals surface area contributed by atoms with E-state index in [1.165, 1.54) is 4.90 Å². The van der Waals surface area contributed by atoms with Crippen LogP contribution in [0.3, 0.4) is 0 Å². The summed E-state index contributed by atoms with van der Waals surface area (Å²) in [6.45, 7) is 3.14. The Hall–Kier alpha value is -2.35. The van der Waals surface area contributed by atoms with Crippen LogP contribution in [-0.4, -0.2) is 25.3 Å². The molecule has 0 aromatic heterocycles. The van der Waals surface area contributed by atoms with Gasteiger partial charge in [-0.3, -0.25) is 9.59 Å². The van der Waals surface area contributed by atoms with Crippen LogP contribution in [0, 0.1) is 16.7 Å². The number of anilines is 1. The largest absolute Gasteiger partial charge is 0.482 e. The predicted molar refractivity (Wildman–Crippen MR) is 69.1 cm³/mol. The number of hydrogen-bond acceptors (Lipinski definition) is 4. The van der Waals surface area contributed by atoms with Gasteiger partial charge in [0.2, 0.25) is 0 Å². The summed E-state index contributed by atoms with van der Waals surface area (Å²) in [5.41, 5.74) is -0.141. The van der Waals surface area contributed by atoms with E-state index in [4.69, 9.17) is 10.00 Å². The van der Waals surface area contributed by atoms with Crippen molar-refractivity contribution in [3.63, 3.8) is 0 Å². The number of ketones is 1. The number of amides is 1. The smallest absolute Gasteiger partial charge is 0.264 e. The molecule has 0 radical (unpaired) electrons. The number of nitrogens with zero attached hydrogens (tertiary/aromatic N) is 2. The number of Topliss-reactive ketones (excluding diaryl/α,β-unsaturated/α-hetero) is 1. The lowest BCUT2D eigenvalue weighted by molar-refractivity contribution is -0.120. The van der Waals surface area contributed by atoms with E-state index in [9.17, 15) is 9.59 Å². The van der Waals surface area contributed by atoms with Gasteiger partial charge in [-0.15, -0.1) is 0 Å². The predicted octanol–water partition coefficient (Wildman–Crippen LogP) is 1.77. The molecular weight excluding hydrogens is 244 g/mol. The normalized spacial score (nSPS) is 14.4. The number of rotatable bonds is 2. The lowest BCUT2D eigenvalue weighted by Crippen LogP contribution is -2.35. The molecule has 0 spiro atoms. The van der Waals surface area contributed by atoms with Crippen molar-refractivity contribution < 1.29 is 14.3 Å². The van der Waals surface area contributed by atoms with Gasteiger partial charge >= 0.3 is 0 Å². The number of carbonyl (C=O) groups excluding carboxylic acids is 2. The second-order valence-corrected chi connectivity index (χ2v) is 4.99. The molecule has 0 saturated heterocycles. The number of fused-ring (bicyclic) bond motifs is 1. The maximum absolute atomic E-state index is 12.2. The van der Waals surface area contributed by atoms with Crippen LogP contribution in [0.2, 0.25) is 0 Å². The molecule has 5 heteroatoms. The van der Waals surface area contributed by atoms with Gasteiger partial charge in [-0.1, -0.05) is 0 Å². The molecule has 2 rings (SSSR count). The van der Waals surface area contributed by atoms with Gasteiger partial charge in [0, 0.05) is 12.6 Å². The van der Waals surface area contributed by atoms with Gasteiger partial charge < -0.3 is 9.64 Å². The Morgan fingerprint density at radius 1 is 1.47 bits per heavy atom. The van der Waals surface area contributed by atoms with Crippen LogP contribution in [0.1, 0.15) is 24.2 Å². The Balaban J connectivity index is 2.45. The third-order valence-corrected chi connectivity index (χ3v) is 3.15. The number of likely N-dealkylation sites (N-methyl/N-ethyl adjacent to an activating group) is 1. The number of carbonyl (C=O) groups is 2. The second kappa shape index (κ2) is 4.39. The highest BCUT2D eigenvalue weighted by atomic mass is 16.5. The fraction of sp³-hybridized carbons (Fsp3) is 0.357. The summed E-state index contributed by atoms with van der Waals surface area (Å²) < 4.78 is 5.29. The van der Waals surface area contributed by atoms with Crippen molar-refractivity contribution >= 4 is 17.4 Å². The molecule has 1 heterocycles. The van der Waals surface area contributed by atoms with Crippen LogP contribution in [0.15, 0.2) is 18.2 Å². The first-order valence-electron chi connectivity index (χ1n) is 5.86. The SMILES string of the molecule is CN1C(=O)COc2ccc(C(=O)C(C)(C)C#N)cc21. The van der Waals surface area contributed by atoms with Gasteiger partial charge in [-0.05, 0) is 32.0 Å². The molecule has 0 fully saturated rings. The maximum atomic E-state index is 12.2. The van der Waals surface area contributed by atoms with Crippen molar-refractivity contribution in [2.75, 3.05) is 18.6 Å². The highest BCUT2D eigenvalue weighted by Crippen LogP contribution is 2.33. The number of nitriles is 1. The van der Waals surface area contributed by atoms with Gasteiger partial charge in [0.15, 0.2) is 12.4 Å². The lowest BCUT2D eigenvalue weighted by atomic mass is 9.85. The summed E-state index contributed by atoms with van der Waals surface area (Å²) in [6, 6.07) is 6.84.